The number of hydrogen-bond acceptors (Lipinski definition) is 3. The maximum absolute atomic E-state index is 9.15. The van der Waals surface area contributed by atoms with E-state index >= 15 is 0 Å². The Hall–Kier alpha value is -1.80. The topological polar surface area (TPSA) is 50.8 Å². The Morgan fingerprint density at radius 2 is 1.84 bits per heavy atom. The minimum Gasteiger partial charge on any atom is -0.438 e. The van der Waals surface area contributed by atoms with Crippen LogP contribution in [0.1, 0.15) is 22.4 Å². The van der Waals surface area contributed by atoms with Gasteiger partial charge in [0.15, 0.2) is 0 Å². The highest BCUT2D eigenvalue weighted by Gasteiger charge is 2.15. The number of hydrogen-bond donors (Lipinski definition) is 0. The Morgan fingerprint density at radius 1 is 1.26 bits per heavy atom. The van der Waals surface area contributed by atoms with Gasteiger partial charge in [-0.1, -0.05) is 15.9 Å². The summed E-state index contributed by atoms with van der Waals surface area (Å²) in [5, 5.41) is 13.4. The predicted molar refractivity (Wildman–Crippen MR) is 76.4 cm³/mol. The zero-order valence-electron chi connectivity index (χ0n) is 11.3. The van der Waals surface area contributed by atoms with Crippen LogP contribution in [0.15, 0.2) is 16.6 Å². The van der Waals surface area contributed by atoms with Crippen molar-refractivity contribution in [1.82, 2.24) is 9.78 Å². The van der Waals surface area contributed by atoms with E-state index in [9.17, 15) is 0 Å². The first-order valence-electron chi connectivity index (χ1n) is 5.82. The quantitative estimate of drug-likeness (QED) is 0.846. The highest BCUT2D eigenvalue weighted by Crippen LogP contribution is 2.31. The SMILES string of the molecule is Cc1cc(Oc2c(C#N)c(C)nn2C)cc(C)c1Br. The average molecular weight is 320 g/mol. The van der Waals surface area contributed by atoms with E-state index in [1.807, 2.05) is 26.0 Å². The van der Waals surface area contributed by atoms with Gasteiger partial charge in [-0.05, 0) is 44.0 Å². The molecule has 0 amide bonds. The lowest BCUT2D eigenvalue weighted by Crippen LogP contribution is -1.97. The van der Waals surface area contributed by atoms with Gasteiger partial charge in [-0.25, -0.2) is 4.68 Å². The van der Waals surface area contributed by atoms with Crippen LogP contribution in [0.5, 0.6) is 11.6 Å². The number of benzene rings is 1. The van der Waals surface area contributed by atoms with E-state index in [1.165, 1.54) is 0 Å². The van der Waals surface area contributed by atoms with Gasteiger partial charge >= 0.3 is 0 Å². The summed E-state index contributed by atoms with van der Waals surface area (Å²) in [6.07, 6.45) is 0. The molecule has 2 rings (SSSR count). The standard InChI is InChI=1S/C14H14BrN3O/c1-8-5-11(6-9(2)13(8)15)19-14-12(7-16)10(3)17-18(14)4/h5-6H,1-4H3. The van der Waals surface area contributed by atoms with Crippen LogP contribution in [0.2, 0.25) is 0 Å². The molecule has 0 spiro atoms. The van der Waals surface area contributed by atoms with Crippen molar-refractivity contribution in [1.29, 1.82) is 5.26 Å². The molecule has 0 saturated heterocycles. The second-order valence-electron chi connectivity index (χ2n) is 4.47. The molecule has 1 heterocycles. The van der Waals surface area contributed by atoms with E-state index in [4.69, 9.17) is 10.00 Å². The summed E-state index contributed by atoms with van der Waals surface area (Å²) in [6, 6.07) is 5.99. The van der Waals surface area contributed by atoms with Gasteiger partial charge in [-0.15, -0.1) is 0 Å². The summed E-state index contributed by atoms with van der Waals surface area (Å²) >= 11 is 3.52. The van der Waals surface area contributed by atoms with Gasteiger partial charge in [0.25, 0.3) is 0 Å². The fourth-order valence-corrected chi connectivity index (χ4v) is 2.19. The summed E-state index contributed by atoms with van der Waals surface area (Å²) in [6.45, 7) is 5.80. The Bertz CT molecular complexity index is 660. The molecule has 19 heavy (non-hydrogen) atoms. The average Bonchev–Trinajstić information content (AvgIpc) is 2.60. The van der Waals surface area contributed by atoms with Crippen LogP contribution in [-0.2, 0) is 7.05 Å². The van der Waals surface area contributed by atoms with Gasteiger partial charge in [0.1, 0.15) is 17.4 Å². The summed E-state index contributed by atoms with van der Waals surface area (Å²) < 4.78 is 8.48. The predicted octanol–water partition coefficient (Wildman–Crippen LogP) is 3.77. The monoisotopic (exact) mass is 319 g/mol. The number of rotatable bonds is 2. The van der Waals surface area contributed by atoms with Crippen molar-refractivity contribution in [3.63, 3.8) is 0 Å². The first kappa shape index (κ1) is 13.6. The molecule has 1 aromatic carbocycles. The molecule has 98 valence electrons. The minimum absolute atomic E-state index is 0.473. The molecule has 1 aromatic heterocycles. The maximum Gasteiger partial charge on any atom is 0.235 e. The molecule has 0 N–H and O–H groups in total. The molecule has 4 nitrogen and oxygen atoms in total. The lowest BCUT2D eigenvalue weighted by Gasteiger charge is -2.10. The van der Waals surface area contributed by atoms with E-state index in [-0.39, 0.29) is 0 Å². The summed E-state index contributed by atoms with van der Waals surface area (Å²) in [7, 11) is 1.77. The molecule has 0 radical (unpaired) electrons. The number of ether oxygens (including phenoxy) is 1. The summed E-state index contributed by atoms with van der Waals surface area (Å²) in [4.78, 5) is 0. The Morgan fingerprint density at radius 3 is 2.37 bits per heavy atom. The van der Waals surface area contributed by atoms with Gasteiger partial charge in [0.05, 0.1) is 5.69 Å². The van der Waals surface area contributed by atoms with Crippen LogP contribution in [0.3, 0.4) is 0 Å². The molecule has 0 fully saturated rings. The van der Waals surface area contributed by atoms with Crippen LogP contribution >= 0.6 is 15.9 Å². The van der Waals surface area contributed by atoms with Crippen LogP contribution in [-0.4, -0.2) is 9.78 Å². The highest BCUT2D eigenvalue weighted by molar-refractivity contribution is 9.10. The van der Waals surface area contributed by atoms with E-state index in [0.29, 0.717) is 22.9 Å². The molecule has 2 aromatic rings. The lowest BCUT2D eigenvalue weighted by molar-refractivity contribution is 0.429. The van der Waals surface area contributed by atoms with E-state index < -0.39 is 0 Å². The third kappa shape index (κ3) is 2.49. The van der Waals surface area contributed by atoms with Crippen molar-refractivity contribution < 1.29 is 4.74 Å². The minimum atomic E-state index is 0.473. The number of aromatic nitrogens is 2. The van der Waals surface area contributed by atoms with Crippen molar-refractivity contribution in [3.8, 4) is 17.7 Å². The smallest absolute Gasteiger partial charge is 0.235 e. The Balaban J connectivity index is 2.45. The van der Waals surface area contributed by atoms with Gasteiger partial charge in [0, 0.05) is 11.5 Å². The van der Waals surface area contributed by atoms with Gasteiger partial charge in [-0.2, -0.15) is 10.4 Å². The van der Waals surface area contributed by atoms with Crippen LogP contribution < -0.4 is 4.74 Å². The molecule has 0 atom stereocenters. The fourth-order valence-electron chi connectivity index (χ4n) is 1.96. The molecule has 5 heteroatoms. The molecule has 0 bridgehead atoms. The van der Waals surface area contributed by atoms with E-state index in [1.54, 1.807) is 18.7 Å². The number of nitriles is 1. The van der Waals surface area contributed by atoms with Crippen LogP contribution in [0.25, 0.3) is 0 Å². The first-order valence-corrected chi connectivity index (χ1v) is 6.61. The molecule has 0 aliphatic rings. The Kier molecular flexibility index (Phi) is 3.63. The fraction of sp³-hybridized carbons (Fsp3) is 0.286. The molecule has 0 unspecified atom stereocenters. The molecule has 0 aliphatic heterocycles. The normalized spacial score (nSPS) is 10.3. The second-order valence-corrected chi connectivity index (χ2v) is 5.27. The molecular formula is C14H14BrN3O. The second kappa shape index (κ2) is 5.06. The third-order valence-corrected chi connectivity index (χ3v) is 4.16. The Labute approximate surface area is 120 Å². The van der Waals surface area contributed by atoms with Crippen molar-refractivity contribution in [2.75, 3.05) is 0 Å². The van der Waals surface area contributed by atoms with Crippen LogP contribution in [0, 0.1) is 32.1 Å². The van der Waals surface area contributed by atoms with Crippen molar-refractivity contribution >= 4 is 15.9 Å². The molecular weight excluding hydrogens is 306 g/mol. The first-order chi connectivity index (χ1) is 8.93. The zero-order valence-corrected chi connectivity index (χ0v) is 12.9. The maximum atomic E-state index is 9.15. The molecule has 0 aliphatic carbocycles. The largest absolute Gasteiger partial charge is 0.438 e. The van der Waals surface area contributed by atoms with Gasteiger partial charge in [0.2, 0.25) is 5.88 Å². The van der Waals surface area contributed by atoms with Crippen molar-refractivity contribution in [3.05, 3.63) is 39.0 Å². The molecule has 0 saturated carbocycles. The summed E-state index contributed by atoms with van der Waals surface area (Å²) in [5.74, 6) is 1.18. The number of halogens is 1. The number of nitrogens with zero attached hydrogens (tertiary/aromatic N) is 3. The van der Waals surface area contributed by atoms with Crippen molar-refractivity contribution in [2.45, 2.75) is 20.8 Å². The van der Waals surface area contributed by atoms with Gasteiger partial charge in [-0.3, -0.25) is 0 Å². The zero-order chi connectivity index (χ0) is 14.2. The summed E-state index contributed by atoms with van der Waals surface area (Å²) in [5.41, 5.74) is 3.33. The highest BCUT2D eigenvalue weighted by atomic mass is 79.9. The van der Waals surface area contributed by atoms with E-state index in [2.05, 4.69) is 27.1 Å². The third-order valence-electron chi connectivity index (χ3n) is 2.91. The van der Waals surface area contributed by atoms with Crippen molar-refractivity contribution in [2.24, 2.45) is 7.05 Å². The van der Waals surface area contributed by atoms with Gasteiger partial charge < -0.3 is 4.74 Å². The van der Waals surface area contributed by atoms with Crippen LogP contribution in [0.4, 0.5) is 0 Å². The number of aryl methyl sites for hydroxylation is 4. The lowest BCUT2D eigenvalue weighted by atomic mass is 10.1. The van der Waals surface area contributed by atoms with E-state index in [0.717, 1.165) is 15.6 Å².